The van der Waals surface area contributed by atoms with Crippen molar-refractivity contribution in [3.05, 3.63) is 42.6 Å². The molecule has 1 fully saturated rings. The van der Waals surface area contributed by atoms with Gasteiger partial charge in [-0.25, -0.2) is 39.1 Å². The summed E-state index contributed by atoms with van der Waals surface area (Å²) in [6.45, 7) is 7.94. The van der Waals surface area contributed by atoms with Crippen molar-refractivity contribution < 1.29 is 49.1 Å². The van der Waals surface area contributed by atoms with Crippen molar-refractivity contribution in [3.8, 4) is 6.01 Å². The lowest BCUT2D eigenvalue weighted by Crippen LogP contribution is -2.37. The van der Waals surface area contributed by atoms with Gasteiger partial charge in [-0.15, -0.1) is 0 Å². The van der Waals surface area contributed by atoms with Crippen LogP contribution >= 0.6 is 0 Å². The summed E-state index contributed by atoms with van der Waals surface area (Å²) in [5.74, 6) is -5.52. The summed E-state index contributed by atoms with van der Waals surface area (Å²) >= 11 is 0. The Morgan fingerprint density at radius 1 is 0.857 bits per heavy atom. The van der Waals surface area contributed by atoms with Crippen LogP contribution in [0.25, 0.3) is 11.2 Å². The first kappa shape index (κ1) is 33.5. The Morgan fingerprint density at radius 3 is 2.02 bits per heavy atom. The summed E-state index contributed by atoms with van der Waals surface area (Å²) in [6.07, 6.45) is 8.57. The zero-order valence-electron chi connectivity index (χ0n) is 23.0. The van der Waals surface area contributed by atoms with Gasteiger partial charge in [0.2, 0.25) is 0 Å². The van der Waals surface area contributed by atoms with Crippen molar-refractivity contribution in [2.75, 3.05) is 39.5 Å². The van der Waals surface area contributed by atoms with E-state index in [-0.39, 0.29) is 0 Å². The van der Waals surface area contributed by atoms with E-state index in [2.05, 4.69) is 24.4 Å². The summed E-state index contributed by atoms with van der Waals surface area (Å²) in [7, 11) is 0. The van der Waals surface area contributed by atoms with E-state index in [1.165, 1.54) is 12.8 Å². The monoisotopic (exact) mass is 590 g/mol. The van der Waals surface area contributed by atoms with Crippen molar-refractivity contribution in [2.45, 2.75) is 32.7 Å². The number of aliphatic carboxylic acids is 4. The minimum absolute atomic E-state index is 0.451. The Labute approximate surface area is 240 Å². The predicted molar refractivity (Wildman–Crippen MR) is 145 cm³/mol. The molecular weight excluding hydrogens is 556 g/mol. The van der Waals surface area contributed by atoms with Crippen LogP contribution in [-0.4, -0.2) is 113 Å². The molecule has 228 valence electrons. The molecule has 4 N–H and O–H groups in total. The second-order valence-corrected chi connectivity index (χ2v) is 8.81. The third kappa shape index (κ3) is 11.8. The topological polar surface area (TPSA) is 227 Å². The number of hydrogen-bond donors (Lipinski definition) is 4. The molecule has 3 aromatic heterocycles. The largest absolute Gasteiger partial charge is 0.473 e. The predicted octanol–water partition coefficient (Wildman–Crippen LogP) is 0.903. The van der Waals surface area contributed by atoms with Gasteiger partial charge >= 0.3 is 29.9 Å². The van der Waals surface area contributed by atoms with Crippen LogP contribution in [0.4, 0.5) is 0 Å². The van der Waals surface area contributed by atoms with Crippen LogP contribution in [0.3, 0.4) is 0 Å². The Balaban J connectivity index is 0.000000434. The fourth-order valence-electron chi connectivity index (χ4n) is 3.99. The van der Waals surface area contributed by atoms with Crippen molar-refractivity contribution in [1.82, 2.24) is 29.4 Å². The van der Waals surface area contributed by atoms with Crippen LogP contribution in [0.2, 0.25) is 0 Å². The lowest BCUT2D eigenvalue weighted by atomic mass is 9.93. The van der Waals surface area contributed by atoms with Crippen molar-refractivity contribution in [1.29, 1.82) is 0 Å². The van der Waals surface area contributed by atoms with E-state index in [1.54, 1.807) is 18.5 Å². The standard InChI is InChI=1S/C22H30N6O2.2C2H2O4/c1-2-29-15-14-28-20(26-19-5-3-8-23-21(19)28)17-18-6-11-27(12-7-18)13-16-30-22-24-9-4-10-25-22;2*3-1(4)2(5)6/h3-5,8-10,18H,2,6-7,11-17H2,1H3;2*(H,3,4)(H,5,6). The van der Waals surface area contributed by atoms with Gasteiger partial charge in [0, 0.05) is 44.7 Å². The second-order valence-electron chi connectivity index (χ2n) is 8.81. The minimum atomic E-state index is -1.82. The molecule has 3 aromatic rings. The van der Waals surface area contributed by atoms with Crippen molar-refractivity contribution in [2.24, 2.45) is 5.92 Å². The van der Waals surface area contributed by atoms with Gasteiger partial charge in [-0.2, -0.15) is 0 Å². The number of aromatic nitrogens is 5. The van der Waals surface area contributed by atoms with Gasteiger partial charge in [-0.3, -0.25) is 4.90 Å². The van der Waals surface area contributed by atoms with E-state index in [1.807, 2.05) is 25.3 Å². The van der Waals surface area contributed by atoms with E-state index >= 15 is 0 Å². The third-order valence-corrected chi connectivity index (χ3v) is 5.97. The average Bonchev–Trinajstić information content (AvgIpc) is 3.32. The maximum absolute atomic E-state index is 9.10. The van der Waals surface area contributed by atoms with E-state index in [0.29, 0.717) is 25.1 Å². The zero-order chi connectivity index (χ0) is 30.9. The van der Waals surface area contributed by atoms with Gasteiger partial charge in [0.1, 0.15) is 17.9 Å². The fourth-order valence-corrected chi connectivity index (χ4v) is 3.99. The molecule has 1 aliphatic heterocycles. The number of fused-ring (bicyclic) bond motifs is 1. The molecule has 0 aliphatic carbocycles. The number of carboxylic acid groups (broad SMARTS) is 4. The van der Waals surface area contributed by atoms with Crippen molar-refractivity contribution in [3.63, 3.8) is 0 Å². The third-order valence-electron chi connectivity index (χ3n) is 5.97. The van der Waals surface area contributed by atoms with E-state index in [4.69, 9.17) is 54.1 Å². The van der Waals surface area contributed by atoms with Gasteiger partial charge in [-0.1, -0.05) is 0 Å². The van der Waals surface area contributed by atoms with Gasteiger partial charge in [-0.05, 0) is 57.0 Å². The molecule has 0 atom stereocenters. The van der Waals surface area contributed by atoms with Gasteiger partial charge in [0.25, 0.3) is 0 Å². The van der Waals surface area contributed by atoms with Gasteiger partial charge in [0.15, 0.2) is 5.65 Å². The Hall–Kier alpha value is -4.70. The van der Waals surface area contributed by atoms with E-state index < -0.39 is 23.9 Å². The number of imidazole rings is 1. The van der Waals surface area contributed by atoms with Crippen LogP contribution in [0.1, 0.15) is 25.6 Å². The van der Waals surface area contributed by atoms with Gasteiger partial charge < -0.3 is 34.5 Å². The maximum Gasteiger partial charge on any atom is 0.414 e. The number of carboxylic acids is 4. The van der Waals surface area contributed by atoms with Crippen LogP contribution < -0.4 is 4.74 Å². The van der Waals surface area contributed by atoms with Gasteiger partial charge in [0.05, 0.1) is 6.61 Å². The smallest absolute Gasteiger partial charge is 0.414 e. The summed E-state index contributed by atoms with van der Waals surface area (Å²) in [5, 5.41) is 29.6. The molecule has 0 amide bonds. The van der Waals surface area contributed by atoms with Crippen LogP contribution in [0.15, 0.2) is 36.8 Å². The average molecular weight is 591 g/mol. The molecule has 0 aromatic carbocycles. The molecule has 0 bridgehead atoms. The highest BCUT2D eigenvalue weighted by molar-refractivity contribution is 6.27. The van der Waals surface area contributed by atoms with Crippen LogP contribution in [0, 0.1) is 5.92 Å². The number of ether oxygens (including phenoxy) is 2. The SMILES string of the molecule is CCOCCn1c(CC2CCN(CCOc3ncccn3)CC2)nc2cccnc21.O=C(O)C(=O)O.O=C(O)C(=O)O. The fraction of sp³-hybridized carbons (Fsp3) is 0.462. The van der Waals surface area contributed by atoms with Crippen LogP contribution in [-0.2, 0) is 36.9 Å². The number of rotatable bonds is 10. The Kier molecular flexibility index (Phi) is 14.3. The molecule has 4 heterocycles. The lowest BCUT2D eigenvalue weighted by Gasteiger charge is -2.31. The molecular formula is C26H34N6O10. The van der Waals surface area contributed by atoms with E-state index in [9.17, 15) is 0 Å². The number of pyridine rings is 1. The molecule has 1 saturated heterocycles. The summed E-state index contributed by atoms with van der Waals surface area (Å²) in [5.41, 5.74) is 1.94. The number of likely N-dealkylation sites (tertiary alicyclic amines) is 1. The van der Waals surface area contributed by atoms with Crippen molar-refractivity contribution >= 4 is 35.0 Å². The highest BCUT2D eigenvalue weighted by Crippen LogP contribution is 2.23. The number of hydrogen-bond acceptors (Lipinski definition) is 11. The molecule has 0 spiro atoms. The van der Waals surface area contributed by atoms with E-state index in [0.717, 1.165) is 56.2 Å². The first-order valence-electron chi connectivity index (χ1n) is 13.0. The number of piperidine rings is 1. The molecule has 4 rings (SSSR count). The normalized spacial score (nSPS) is 13.3. The molecule has 1 aliphatic rings. The molecule has 16 nitrogen and oxygen atoms in total. The summed E-state index contributed by atoms with van der Waals surface area (Å²) in [4.78, 5) is 56.5. The molecule has 16 heteroatoms. The zero-order valence-corrected chi connectivity index (χ0v) is 23.0. The lowest BCUT2D eigenvalue weighted by molar-refractivity contribution is -0.159. The Morgan fingerprint density at radius 2 is 1.45 bits per heavy atom. The number of carbonyl (C=O) groups is 4. The molecule has 0 unspecified atom stereocenters. The molecule has 0 radical (unpaired) electrons. The highest BCUT2D eigenvalue weighted by Gasteiger charge is 2.22. The number of nitrogens with zero attached hydrogens (tertiary/aromatic N) is 6. The first-order valence-corrected chi connectivity index (χ1v) is 13.0. The summed E-state index contributed by atoms with van der Waals surface area (Å²) in [6, 6.07) is 6.24. The first-order chi connectivity index (χ1) is 20.1. The summed E-state index contributed by atoms with van der Waals surface area (Å²) < 4.78 is 13.5. The minimum Gasteiger partial charge on any atom is -0.473 e. The quantitative estimate of drug-likeness (QED) is 0.190. The highest BCUT2D eigenvalue weighted by atomic mass is 16.5. The van der Waals surface area contributed by atoms with Crippen LogP contribution in [0.5, 0.6) is 6.01 Å². The second kappa shape index (κ2) is 17.9. The maximum atomic E-state index is 9.10. The molecule has 42 heavy (non-hydrogen) atoms. The Bertz CT molecular complexity index is 1250. The molecule has 0 saturated carbocycles.